The van der Waals surface area contributed by atoms with E-state index in [1.165, 1.54) is 0 Å². The molecule has 1 N–H and O–H groups in total. The number of nitrogens with one attached hydrogen (secondary N) is 1. The number of hydrogen-bond donors (Lipinski definition) is 1. The zero-order valence-electron chi connectivity index (χ0n) is 14.2. The topological polar surface area (TPSA) is 59.8 Å². The highest BCUT2D eigenvalue weighted by Crippen LogP contribution is 2.24. The summed E-state index contributed by atoms with van der Waals surface area (Å²) in [5, 5.41) is 10.2. The lowest BCUT2D eigenvalue weighted by atomic mass is 10.1. The molecule has 124 valence electrons. The van der Waals surface area contributed by atoms with Gasteiger partial charge in [0.1, 0.15) is 0 Å². The summed E-state index contributed by atoms with van der Waals surface area (Å²) in [6.45, 7) is 8.11. The lowest BCUT2D eigenvalue weighted by Crippen LogP contribution is -2.22. The standard InChI is InChI=1S/C18H20N4OS/c1-12-20-16(11-24-12)13-6-5-7-15(8-13)21-17(23)14-9-19-22(10-14)18(2,3)4/h5-11H,1-4H3,(H,21,23). The first-order valence-electron chi connectivity index (χ1n) is 7.72. The first-order valence-corrected chi connectivity index (χ1v) is 8.60. The lowest BCUT2D eigenvalue weighted by Gasteiger charge is -2.18. The van der Waals surface area contributed by atoms with Gasteiger partial charge in [-0.05, 0) is 39.8 Å². The third-order valence-electron chi connectivity index (χ3n) is 3.57. The minimum absolute atomic E-state index is 0.152. The number of carbonyl (C=O) groups is 1. The molecule has 0 spiro atoms. The predicted molar refractivity (Wildman–Crippen MR) is 97.5 cm³/mol. The Morgan fingerprint density at radius 3 is 2.71 bits per heavy atom. The quantitative estimate of drug-likeness (QED) is 0.772. The highest BCUT2D eigenvalue weighted by Gasteiger charge is 2.17. The number of thiazole rings is 1. The van der Waals surface area contributed by atoms with Crippen LogP contribution in [0, 0.1) is 6.92 Å². The molecule has 6 heteroatoms. The number of aromatic nitrogens is 3. The van der Waals surface area contributed by atoms with Gasteiger partial charge in [-0.15, -0.1) is 11.3 Å². The number of amides is 1. The molecule has 2 aromatic heterocycles. The molecule has 0 aliphatic carbocycles. The summed E-state index contributed by atoms with van der Waals surface area (Å²) in [5.74, 6) is -0.169. The van der Waals surface area contributed by atoms with Crippen molar-refractivity contribution < 1.29 is 4.79 Å². The van der Waals surface area contributed by atoms with Crippen molar-refractivity contribution in [2.45, 2.75) is 33.2 Å². The van der Waals surface area contributed by atoms with Gasteiger partial charge in [0.05, 0.1) is 28.0 Å². The molecule has 1 aromatic carbocycles. The Morgan fingerprint density at radius 1 is 1.29 bits per heavy atom. The first-order chi connectivity index (χ1) is 11.3. The molecule has 1 amide bonds. The van der Waals surface area contributed by atoms with Gasteiger partial charge in [0.2, 0.25) is 0 Å². The Morgan fingerprint density at radius 2 is 2.08 bits per heavy atom. The molecule has 2 heterocycles. The molecule has 3 rings (SSSR count). The average Bonchev–Trinajstić information content (AvgIpc) is 3.16. The molecule has 0 unspecified atom stereocenters. The molecule has 0 saturated heterocycles. The van der Waals surface area contributed by atoms with Gasteiger partial charge in [-0.1, -0.05) is 12.1 Å². The largest absolute Gasteiger partial charge is 0.322 e. The molecule has 3 aromatic rings. The second-order valence-electron chi connectivity index (χ2n) is 6.63. The van der Waals surface area contributed by atoms with Gasteiger partial charge in [-0.3, -0.25) is 9.48 Å². The Labute approximate surface area is 145 Å². The van der Waals surface area contributed by atoms with E-state index in [0.29, 0.717) is 5.56 Å². The van der Waals surface area contributed by atoms with E-state index in [1.54, 1.807) is 28.4 Å². The summed E-state index contributed by atoms with van der Waals surface area (Å²) in [6, 6.07) is 7.70. The van der Waals surface area contributed by atoms with Crippen molar-refractivity contribution >= 4 is 22.9 Å². The summed E-state index contributed by atoms with van der Waals surface area (Å²) >= 11 is 1.61. The van der Waals surface area contributed by atoms with Gasteiger partial charge in [0, 0.05) is 22.8 Å². The lowest BCUT2D eigenvalue weighted by molar-refractivity contribution is 0.102. The van der Waals surface area contributed by atoms with Gasteiger partial charge in [0.15, 0.2) is 0 Å². The molecule has 0 radical (unpaired) electrons. The summed E-state index contributed by atoms with van der Waals surface area (Å²) in [5.41, 5.74) is 3.05. The number of nitrogens with zero attached hydrogens (tertiary/aromatic N) is 3. The minimum atomic E-state index is -0.169. The maximum absolute atomic E-state index is 12.4. The van der Waals surface area contributed by atoms with Crippen molar-refractivity contribution in [3.05, 3.63) is 52.6 Å². The number of aryl methyl sites for hydroxylation is 1. The van der Waals surface area contributed by atoms with Crippen LogP contribution < -0.4 is 5.32 Å². The van der Waals surface area contributed by atoms with E-state index in [0.717, 1.165) is 22.0 Å². The van der Waals surface area contributed by atoms with E-state index in [2.05, 4.69) is 15.4 Å². The molecule has 0 aliphatic rings. The van der Waals surface area contributed by atoms with Crippen LogP contribution in [0.4, 0.5) is 5.69 Å². The molecule has 0 bridgehead atoms. The Kier molecular flexibility index (Phi) is 4.24. The molecule has 0 saturated carbocycles. The summed E-state index contributed by atoms with van der Waals surface area (Å²) in [6.07, 6.45) is 3.36. The smallest absolute Gasteiger partial charge is 0.258 e. The van der Waals surface area contributed by atoms with Crippen LogP contribution in [0.15, 0.2) is 42.0 Å². The maximum atomic E-state index is 12.4. The van der Waals surface area contributed by atoms with Crippen LogP contribution in [0.2, 0.25) is 0 Å². The van der Waals surface area contributed by atoms with Crippen molar-refractivity contribution in [3.8, 4) is 11.3 Å². The van der Waals surface area contributed by atoms with Crippen LogP contribution in [0.1, 0.15) is 36.1 Å². The SMILES string of the molecule is Cc1nc(-c2cccc(NC(=O)c3cnn(C(C)(C)C)c3)c2)cs1. The maximum Gasteiger partial charge on any atom is 0.258 e. The van der Waals surface area contributed by atoms with Crippen LogP contribution in [0.5, 0.6) is 0 Å². The second-order valence-corrected chi connectivity index (χ2v) is 7.69. The summed E-state index contributed by atoms with van der Waals surface area (Å²) in [4.78, 5) is 16.9. The van der Waals surface area contributed by atoms with Crippen LogP contribution in [0.25, 0.3) is 11.3 Å². The molecule has 0 aliphatic heterocycles. The van der Waals surface area contributed by atoms with Gasteiger partial charge in [0.25, 0.3) is 5.91 Å². The molecule has 0 fully saturated rings. The van der Waals surface area contributed by atoms with Crippen LogP contribution in [0.3, 0.4) is 0 Å². The summed E-state index contributed by atoms with van der Waals surface area (Å²) < 4.78 is 1.79. The summed E-state index contributed by atoms with van der Waals surface area (Å²) in [7, 11) is 0. The van der Waals surface area contributed by atoms with Gasteiger partial charge in [-0.25, -0.2) is 4.98 Å². The fourth-order valence-electron chi connectivity index (χ4n) is 2.26. The van der Waals surface area contributed by atoms with Crippen LogP contribution in [-0.2, 0) is 5.54 Å². The van der Waals surface area contributed by atoms with E-state index in [4.69, 9.17) is 0 Å². The van der Waals surface area contributed by atoms with Crippen molar-refractivity contribution in [2.75, 3.05) is 5.32 Å². The van der Waals surface area contributed by atoms with Crippen LogP contribution in [-0.4, -0.2) is 20.7 Å². The molecular weight excluding hydrogens is 320 g/mol. The normalized spacial score (nSPS) is 11.5. The molecular formula is C18H20N4OS. The number of anilines is 1. The van der Waals surface area contributed by atoms with Crippen molar-refractivity contribution in [2.24, 2.45) is 0 Å². The van der Waals surface area contributed by atoms with Crippen molar-refractivity contribution in [1.29, 1.82) is 0 Å². The highest BCUT2D eigenvalue weighted by molar-refractivity contribution is 7.09. The minimum Gasteiger partial charge on any atom is -0.322 e. The number of benzene rings is 1. The zero-order chi connectivity index (χ0) is 17.3. The van der Waals surface area contributed by atoms with E-state index in [1.807, 2.05) is 57.3 Å². The Balaban J connectivity index is 1.78. The fraction of sp³-hybridized carbons (Fsp3) is 0.278. The number of rotatable bonds is 3. The molecule has 0 atom stereocenters. The first kappa shape index (κ1) is 16.4. The van der Waals surface area contributed by atoms with Crippen molar-refractivity contribution in [3.63, 3.8) is 0 Å². The Bertz CT molecular complexity index is 873. The Hall–Kier alpha value is -2.47. The average molecular weight is 340 g/mol. The van der Waals surface area contributed by atoms with E-state index >= 15 is 0 Å². The fourth-order valence-corrected chi connectivity index (χ4v) is 2.88. The second kappa shape index (κ2) is 6.20. The molecule has 5 nitrogen and oxygen atoms in total. The third kappa shape index (κ3) is 3.54. The van der Waals surface area contributed by atoms with Gasteiger partial charge >= 0.3 is 0 Å². The van der Waals surface area contributed by atoms with Crippen LogP contribution >= 0.6 is 11.3 Å². The zero-order valence-corrected chi connectivity index (χ0v) is 15.0. The molecule has 24 heavy (non-hydrogen) atoms. The van der Waals surface area contributed by atoms with E-state index < -0.39 is 0 Å². The number of carbonyl (C=O) groups excluding carboxylic acids is 1. The highest BCUT2D eigenvalue weighted by atomic mass is 32.1. The van der Waals surface area contributed by atoms with Gasteiger partial charge in [-0.2, -0.15) is 5.10 Å². The third-order valence-corrected chi connectivity index (χ3v) is 4.34. The van der Waals surface area contributed by atoms with E-state index in [9.17, 15) is 4.79 Å². The van der Waals surface area contributed by atoms with Gasteiger partial charge < -0.3 is 5.32 Å². The van der Waals surface area contributed by atoms with Crippen molar-refractivity contribution in [1.82, 2.24) is 14.8 Å². The predicted octanol–water partition coefficient (Wildman–Crippen LogP) is 4.32. The number of hydrogen-bond acceptors (Lipinski definition) is 4. The monoisotopic (exact) mass is 340 g/mol. The van der Waals surface area contributed by atoms with E-state index in [-0.39, 0.29) is 11.4 Å².